The van der Waals surface area contributed by atoms with Crippen LogP contribution in [0, 0.1) is 0 Å². The summed E-state index contributed by atoms with van der Waals surface area (Å²) in [6.07, 6.45) is 5.08. The van der Waals surface area contributed by atoms with E-state index < -0.39 is 0 Å². The van der Waals surface area contributed by atoms with Crippen LogP contribution in [0.1, 0.15) is 31.4 Å². The van der Waals surface area contributed by atoms with Crippen molar-refractivity contribution in [2.45, 2.75) is 25.7 Å². The summed E-state index contributed by atoms with van der Waals surface area (Å²) in [5, 5.41) is 0.516. The molecule has 3 rings (SSSR count). The van der Waals surface area contributed by atoms with Crippen LogP contribution in [0.25, 0.3) is 0 Å². The van der Waals surface area contributed by atoms with Crippen molar-refractivity contribution >= 4 is 17.5 Å². The van der Waals surface area contributed by atoms with E-state index in [1.807, 2.05) is 17.0 Å². The maximum atomic E-state index is 12.2. The van der Waals surface area contributed by atoms with Crippen molar-refractivity contribution in [3.8, 4) is 11.6 Å². The Morgan fingerprint density at radius 3 is 2.84 bits per heavy atom. The molecule has 1 saturated heterocycles. The van der Waals surface area contributed by atoms with E-state index in [1.54, 1.807) is 31.5 Å². The van der Waals surface area contributed by atoms with E-state index in [9.17, 15) is 4.79 Å². The second-order valence-corrected chi connectivity index (χ2v) is 6.56. The average Bonchev–Trinajstić information content (AvgIpc) is 2.63. The smallest absolute Gasteiger partial charge is 0.248 e. The summed E-state index contributed by atoms with van der Waals surface area (Å²) in [6.45, 7) is 6.81. The van der Waals surface area contributed by atoms with Crippen LogP contribution >= 0.6 is 11.6 Å². The van der Waals surface area contributed by atoms with Gasteiger partial charge in [0.1, 0.15) is 11.4 Å². The number of amides is 1. The molecule has 1 unspecified atom stereocenters. The van der Waals surface area contributed by atoms with Crippen molar-refractivity contribution in [1.29, 1.82) is 0 Å². The van der Waals surface area contributed by atoms with Gasteiger partial charge in [-0.3, -0.25) is 9.78 Å². The van der Waals surface area contributed by atoms with Gasteiger partial charge in [-0.1, -0.05) is 30.3 Å². The molecule has 2 heterocycles. The third-order valence-corrected chi connectivity index (χ3v) is 4.51. The highest BCUT2D eigenvalue weighted by Crippen LogP contribution is 2.34. The second kappa shape index (κ2) is 7.66. The minimum absolute atomic E-state index is 0.0119. The fraction of sp³-hybridized carbons (Fsp3) is 0.316. The first-order valence-corrected chi connectivity index (χ1v) is 8.62. The van der Waals surface area contributed by atoms with E-state index in [0.717, 1.165) is 25.1 Å². The van der Waals surface area contributed by atoms with Crippen molar-refractivity contribution in [2.24, 2.45) is 0 Å². The van der Waals surface area contributed by atoms with Gasteiger partial charge in [0.2, 0.25) is 11.8 Å². The van der Waals surface area contributed by atoms with E-state index in [2.05, 4.69) is 16.5 Å². The monoisotopic (exact) mass is 357 g/mol. The zero-order valence-electron chi connectivity index (χ0n) is 14.1. The van der Waals surface area contributed by atoms with Crippen molar-refractivity contribution in [3.63, 3.8) is 0 Å². The molecule has 0 spiro atoms. The number of hydrogen-bond donors (Lipinski definition) is 0. The van der Waals surface area contributed by atoms with Gasteiger partial charge < -0.3 is 9.64 Å². The van der Waals surface area contributed by atoms with E-state index in [1.165, 1.54) is 0 Å². The molecule has 1 aliphatic rings. The van der Waals surface area contributed by atoms with Gasteiger partial charge in [0.05, 0.1) is 5.02 Å². The highest BCUT2D eigenvalue weighted by atomic mass is 35.5. The van der Waals surface area contributed by atoms with E-state index >= 15 is 0 Å². The molecule has 2 aromatic rings. The molecular weight excluding hydrogens is 338 g/mol. The molecule has 1 atom stereocenters. The molecule has 5 nitrogen and oxygen atoms in total. The number of carbonyl (C=O) groups excluding carboxylic acids is 1. The summed E-state index contributed by atoms with van der Waals surface area (Å²) in [7, 11) is 0. The first-order valence-electron chi connectivity index (χ1n) is 8.24. The van der Waals surface area contributed by atoms with Gasteiger partial charge >= 0.3 is 0 Å². The van der Waals surface area contributed by atoms with Gasteiger partial charge in [0.15, 0.2) is 0 Å². The summed E-state index contributed by atoms with van der Waals surface area (Å²) in [5.74, 6) is 1.03. The zero-order valence-corrected chi connectivity index (χ0v) is 14.9. The van der Waals surface area contributed by atoms with Gasteiger partial charge in [0.25, 0.3) is 0 Å². The predicted molar refractivity (Wildman–Crippen MR) is 96.9 cm³/mol. The van der Waals surface area contributed by atoms with Crippen LogP contribution in [0.3, 0.4) is 0 Å². The first-order chi connectivity index (χ1) is 12.1. The Morgan fingerprint density at radius 2 is 2.08 bits per heavy atom. The maximum Gasteiger partial charge on any atom is 0.248 e. The molecule has 1 aromatic carbocycles. The standard InChI is InChI=1S/C19H20ClN3O2/c1-13(2)19(24)23-11-5-6-14(12-23)17-18(22-10-9-21-17)25-16-8-4-3-7-15(16)20/h3-4,7-10,14H,1,5-6,11-12H2,2H3. The number of hydrogen-bond acceptors (Lipinski definition) is 4. The normalized spacial score (nSPS) is 17.2. The van der Waals surface area contributed by atoms with Gasteiger partial charge in [-0.15, -0.1) is 0 Å². The molecule has 0 saturated carbocycles. The lowest BCUT2D eigenvalue weighted by molar-refractivity contribution is -0.128. The number of nitrogens with zero attached hydrogens (tertiary/aromatic N) is 3. The number of piperidine rings is 1. The van der Waals surface area contributed by atoms with Crippen LogP contribution in [-0.4, -0.2) is 33.9 Å². The van der Waals surface area contributed by atoms with Crippen molar-refractivity contribution in [1.82, 2.24) is 14.9 Å². The van der Waals surface area contributed by atoms with Crippen LogP contribution in [0.2, 0.25) is 5.02 Å². The van der Waals surface area contributed by atoms with E-state index in [-0.39, 0.29) is 11.8 Å². The number of ether oxygens (including phenoxy) is 1. The molecule has 0 N–H and O–H groups in total. The van der Waals surface area contributed by atoms with Gasteiger partial charge in [0, 0.05) is 37.0 Å². The number of para-hydroxylation sites is 1. The Labute approximate surface area is 152 Å². The summed E-state index contributed by atoms with van der Waals surface area (Å²) >= 11 is 6.18. The molecule has 1 amide bonds. The minimum Gasteiger partial charge on any atom is -0.436 e. The molecule has 130 valence electrons. The molecule has 0 radical (unpaired) electrons. The molecule has 1 aromatic heterocycles. The Hall–Kier alpha value is -2.40. The number of benzene rings is 1. The maximum absolute atomic E-state index is 12.2. The lowest BCUT2D eigenvalue weighted by Gasteiger charge is -2.32. The number of halogens is 1. The molecule has 0 aliphatic carbocycles. The van der Waals surface area contributed by atoms with Crippen LogP contribution < -0.4 is 4.74 Å². The highest BCUT2D eigenvalue weighted by molar-refractivity contribution is 6.32. The lowest BCUT2D eigenvalue weighted by atomic mass is 9.94. The van der Waals surface area contributed by atoms with Crippen molar-refractivity contribution < 1.29 is 9.53 Å². The van der Waals surface area contributed by atoms with Crippen LogP contribution in [0.5, 0.6) is 11.6 Å². The molecular formula is C19H20ClN3O2. The Bertz CT molecular complexity index is 794. The fourth-order valence-electron chi connectivity index (χ4n) is 2.98. The largest absolute Gasteiger partial charge is 0.436 e. The van der Waals surface area contributed by atoms with Gasteiger partial charge in [-0.2, -0.15) is 0 Å². The van der Waals surface area contributed by atoms with Crippen molar-refractivity contribution in [3.05, 3.63) is 59.5 Å². The summed E-state index contributed by atoms with van der Waals surface area (Å²) in [6, 6.07) is 7.25. The molecule has 0 bridgehead atoms. The second-order valence-electron chi connectivity index (χ2n) is 6.15. The van der Waals surface area contributed by atoms with Crippen molar-refractivity contribution in [2.75, 3.05) is 13.1 Å². The predicted octanol–water partition coefficient (Wildman–Crippen LogP) is 4.20. The Balaban J connectivity index is 1.84. The minimum atomic E-state index is -0.0119. The summed E-state index contributed by atoms with van der Waals surface area (Å²) in [4.78, 5) is 22.9. The first kappa shape index (κ1) is 17.4. The SMILES string of the molecule is C=C(C)C(=O)N1CCCC(c2nccnc2Oc2ccccc2Cl)C1. The Kier molecular flexibility index (Phi) is 5.34. The third kappa shape index (κ3) is 3.99. The van der Waals surface area contributed by atoms with E-state index in [4.69, 9.17) is 16.3 Å². The molecule has 1 fully saturated rings. The quantitative estimate of drug-likeness (QED) is 0.769. The van der Waals surface area contributed by atoms with Crippen LogP contribution in [0.15, 0.2) is 48.8 Å². The number of carbonyl (C=O) groups is 1. The summed E-state index contributed by atoms with van der Waals surface area (Å²) in [5.41, 5.74) is 1.30. The average molecular weight is 358 g/mol. The van der Waals surface area contributed by atoms with Gasteiger partial charge in [-0.05, 0) is 31.9 Å². The summed E-state index contributed by atoms with van der Waals surface area (Å²) < 4.78 is 5.91. The fourth-order valence-corrected chi connectivity index (χ4v) is 3.16. The third-order valence-electron chi connectivity index (χ3n) is 4.19. The zero-order chi connectivity index (χ0) is 17.8. The number of rotatable bonds is 4. The number of aromatic nitrogens is 2. The topological polar surface area (TPSA) is 55.3 Å². The van der Waals surface area contributed by atoms with Crippen LogP contribution in [0.4, 0.5) is 0 Å². The lowest BCUT2D eigenvalue weighted by Crippen LogP contribution is -2.39. The van der Waals surface area contributed by atoms with E-state index in [0.29, 0.717) is 28.8 Å². The Morgan fingerprint density at radius 1 is 1.32 bits per heavy atom. The van der Waals surface area contributed by atoms with Gasteiger partial charge in [-0.25, -0.2) is 4.98 Å². The highest BCUT2D eigenvalue weighted by Gasteiger charge is 2.28. The number of likely N-dealkylation sites (tertiary alicyclic amines) is 1. The van der Waals surface area contributed by atoms with Crippen LogP contribution in [-0.2, 0) is 4.79 Å². The molecule has 1 aliphatic heterocycles. The molecule has 6 heteroatoms. The molecule has 25 heavy (non-hydrogen) atoms.